The molecule has 3 heterocycles. The van der Waals surface area contributed by atoms with Crippen molar-refractivity contribution in [3.05, 3.63) is 77.1 Å². The Morgan fingerprint density at radius 3 is 2.46 bits per heavy atom. The molecule has 1 atom stereocenters. The van der Waals surface area contributed by atoms with E-state index < -0.39 is 23.9 Å². The number of nitrogens with one attached hydrogen (secondary N) is 2. The molecule has 35 heavy (non-hydrogen) atoms. The summed E-state index contributed by atoms with van der Waals surface area (Å²) in [7, 11) is 0. The number of rotatable bonds is 6. The summed E-state index contributed by atoms with van der Waals surface area (Å²) in [6, 6.07) is 8.43. The van der Waals surface area contributed by atoms with E-state index in [1.54, 1.807) is 28.5 Å². The minimum atomic E-state index is -1.69. The first-order valence-electron chi connectivity index (χ1n) is 10.4. The number of hydrogen-bond acceptors (Lipinski definition) is 6. The lowest BCUT2D eigenvalue weighted by atomic mass is 9.96. The van der Waals surface area contributed by atoms with Gasteiger partial charge in [-0.15, -0.1) is 22.7 Å². The summed E-state index contributed by atoms with van der Waals surface area (Å²) in [4.78, 5) is 53.4. The molecule has 8 nitrogen and oxygen atoms in total. The number of carbonyl (C=O) groups excluding carboxylic acids is 3. The van der Waals surface area contributed by atoms with Crippen molar-refractivity contribution in [2.24, 2.45) is 0 Å². The number of benzene rings is 1. The number of amides is 3. The predicted molar refractivity (Wildman–Crippen MR) is 135 cm³/mol. The molecule has 0 saturated carbocycles. The number of halogens is 2. The van der Waals surface area contributed by atoms with Crippen LogP contribution in [0.5, 0.6) is 0 Å². The third-order valence-electron chi connectivity index (χ3n) is 5.41. The Bertz CT molecular complexity index is 1320. The molecule has 1 unspecified atom stereocenters. The van der Waals surface area contributed by atoms with E-state index in [0.717, 1.165) is 16.2 Å². The fraction of sp³-hybridized carbons (Fsp3) is 0.217. The first-order valence-corrected chi connectivity index (χ1v) is 12.8. The smallest absolute Gasteiger partial charge is 0.347 e. The molecule has 0 bridgehead atoms. The molecule has 1 aromatic carbocycles. The summed E-state index contributed by atoms with van der Waals surface area (Å²) in [5, 5.41) is 15.8. The van der Waals surface area contributed by atoms with Gasteiger partial charge in [0.2, 0.25) is 6.17 Å². The van der Waals surface area contributed by atoms with Crippen molar-refractivity contribution < 1.29 is 24.3 Å². The SMILES string of the molecule is Cc1ccc(C(=O)N2CCc3c(cc(Cl)c(C(=O)NC(NC(=O)c4cccs4)C(=O)O)c3Cl)C2)s1. The Hall–Kier alpha value is -2.92. The van der Waals surface area contributed by atoms with Crippen LogP contribution in [-0.2, 0) is 17.8 Å². The number of aliphatic carboxylic acids is 1. The average Bonchev–Trinajstić information content (AvgIpc) is 3.50. The molecule has 3 N–H and O–H groups in total. The third kappa shape index (κ3) is 5.35. The zero-order chi connectivity index (χ0) is 25.3. The van der Waals surface area contributed by atoms with E-state index in [1.807, 2.05) is 13.0 Å². The van der Waals surface area contributed by atoms with Crippen LogP contribution in [0.1, 0.15) is 45.7 Å². The summed E-state index contributed by atoms with van der Waals surface area (Å²) in [6.45, 7) is 2.61. The molecule has 1 aliphatic heterocycles. The van der Waals surface area contributed by atoms with E-state index in [9.17, 15) is 24.3 Å². The minimum Gasteiger partial charge on any atom is -0.478 e. The van der Waals surface area contributed by atoms with Gasteiger partial charge in [0.05, 0.1) is 25.4 Å². The molecule has 4 rings (SSSR count). The standard InChI is InChI=1S/C23H19Cl2N3O5S2/c1-11-4-5-16(35-11)22(31)28-7-6-13-12(10-28)9-14(24)17(18(13)25)21(30)27-19(23(32)33)26-20(29)15-3-2-8-34-15/h2-5,8-9,19H,6-7,10H2,1H3,(H,26,29)(H,27,30)(H,32,33). The Labute approximate surface area is 218 Å². The maximum atomic E-state index is 13.0. The maximum Gasteiger partial charge on any atom is 0.347 e. The van der Waals surface area contributed by atoms with Gasteiger partial charge in [-0.3, -0.25) is 14.4 Å². The molecule has 0 aliphatic carbocycles. The highest BCUT2D eigenvalue weighted by Crippen LogP contribution is 2.35. The van der Waals surface area contributed by atoms with Gasteiger partial charge in [-0.05, 0) is 54.1 Å². The topological polar surface area (TPSA) is 116 Å². The first-order chi connectivity index (χ1) is 16.7. The number of carboxylic acid groups (broad SMARTS) is 1. The first kappa shape index (κ1) is 25.2. The number of nitrogens with zero attached hydrogens (tertiary/aromatic N) is 1. The molecule has 0 spiro atoms. The molecular formula is C23H19Cl2N3O5S2. The van der Waals surface area contributed by atoms with Crippen LogP contribution in [0.25, 0.3) is 0 Å². The molecular weight excluding hydrogens is 533 g/mol. The highest BCUT2D eigenvalue weighted by atomic mass is 35.5. The van der Waals surface area contributed by atoms with E-state index in [0.29, 0.717) is 33.8 Å². The van der Waals surface area contributed by atoms with E-state index in [1.165, 1.54) is 17.4 Å². The van der Waals surface area contributed by atoms with Crippen molar-refractivity contribution in [3.63, 3.8) is 0 Å². The van der Waals surface area contributed by atoms with Gasteiger partial charge in [0, 0.05) is 18.0 Å². The number of carbonyl (C=O) groups is 4. The predicted octanol–water partition coefficient (Wildman–Crippen LogP) is 4.19. The van der Waals surface area contributed by atoms with Crippen LogP contribution in [0, 0.1) is 6.92 Å². The lowest BCUT2D eigenvalue weighted by Crippen LogP contribution is -2.52. The number of hydrogen-bond donors (Lipinski definition) is 3. The van der Waals surface area contributed by atoms with Crippen LogP contribution in [-0.4, -0.2) is 46.4 Å². The Morgan fingerprint density at radius 2 is 1.83 bits per heavy atom. The molecule has 0 saturated heterocycles. The molecule has 2 aromatic heterocycles. The molecule has 3 amide bonds. The molecule has 1 aliphatic rings. The Balaban J connectivity index is 1.53. The normalized spacial score (nSPS) is 13.6. The van der Waals surface area contributed by atoms with E-state index >= 15 is 0 Å². The molecule has 12 heteroatoms. The largest absolute Gasteiger partial charge is 0.478 e. The maximum absolute atomic E-state index is 13.0. The van der Waals surface area contributed by atoms with Gasteiger partial charge in [-0.2, -0.15) is 0 Å². The highest BCUT2D eigenvalue weighted by Gasteiger charge is 2.30. The summed E-state index contributed by atoms with van der Waals surface area (Å²) >= 11 is 15.5. The zero-order valence-corrected chi connectivity index (χ0v) is 21.4. The zero-order valence-electron chi connectivity index (χ0n) is 18.3. The minimum absolute atomic E-state index is 0.0150. The number of fused-ring (bicyclic) bond motifs is 1. The summed E-state index contributed by atoms with van der Waals surface area (Å²) < 4.78 is 0. The van der Waals surface area contributed by atoms with Gasteiger partial charge in [0.1, 0.15) is 0 Å². The second-order valence-electron chi connectivity index (χ2n) is 7.77. The van der Waals surface area contributed by atoms with Crippen molar-refractivity contribution in [3.8, 4) is 0 Å². The van der Waals surface area contributed by atoms with Gasteiger partial charge in [-0.1, -0.05) is 29.3 Å². The van der Waals surface area contributed by atoms with Crippen molar-refractivity contribution in [1.29, 1.82) is 0 Å². The van der Waals surface area contributed by atoms with Gasteiger partial charge in [0.15, 0.2) is 0 Å². The van der Waals surface area contributed by atoms with E-state index in [-0.39, 0.29) is 28.1 Å². The van der Waals surface area contributed by atoms with Crippen LogP contribution in [0.4, 0.5) is 0 Å². The fourth-order valence-corrected chi connectivity index (χ4v) is 5.94. The van der Waals surface area contributed by atoms with Crippen molar-refractivity contribution in [1.82, 2.24) is 15.5 Å². The Morgan fingerprint density at radius 1 is 1.09 bits per heavy atom. The fourth-order valence-electron chi connectivity index (χ4n) is 3.71. The average molecular weight is 552 g/mol. The van der Waals surface area contributed by atoms with Crippen molar-refractivity contribution in [2.45, 2.75) is 26.1 Å². The van der Waals surface area contributed by atoms with Crippen LogP contribution in [0.3, 0.4) is 0 Å². The lowest BCUT2D eigenvalue weighted by molar-refractivity contribution is -0.139. The van der Waals surface area contributed by atoms with Crippen LogP contribution in [0.2, 0.25) is 10.0 Å². The van der Waals surface area contributed by atoms with Gasteiger partial charge >= 0.3 is 5.97 Å². The van der Waals surface area contributed by atoms with E-state index in [2.05, 4.69) is 10.6 Å². The molecule has 0 fully saturated rings. The van der Waals surface area contributed by atoms with Crippen LogP contribution < -0.4 is 10.6 Å². The van der Waals surface area contributed by atoms with Crippen molar-refractivity contribution in [2.75, 3.05) is 6.54 Å². The van der Waals surface area contributed by atoms with E-state index in [4.69, 9.17) is 23.2 Å². The van der Waals surface area contributed by atoms with Crippen LogP contribution >= 0.6 is 45.9 Å². The number of aryl methyl sites for hydroxylation is 1. The highest BCUT2D eigenvalue weighted by molar-refractivity contribution is 7.14. The number of thiophene rings is 2. The van der Waals surface area contributed by atoms with Gasteiger partial charge in [-0.25, -0.2) is 4.79 Å². The third-order valence-corrected chi connectivity index (χ3v) is 7.99. The molecule has 3 aromatic rings. The van der Waals surface area contributed by atoms with Crippen LogP contribution in [0.15, 0.2) is 35.7 Å². The number of carboxylic acids is 1. The summed E-state index contributed by atoms with van der Waals surface area (Å²) in [6.07, 6.45) is -1.29. The van der Waals surface area contributed by atoms with Gasteiger partial charge in [0.25, 0.3) is 17.7 Å². The second kappa shape index (κ2) is 10.4. The second-order valence-corrected chi connectivity index (χ2v) is 10.8. The lowest BCUT2D eigenvalue weighted by Gasteiger charge is -2.30. The molecule has 182 valence electrons. The quantitative estimate of drug-likeness (QED) is 0.397. The van der Waals surface area contributed by atoms with Gasteiger partial charge < -0.3 is 20.6 Å². The monoisotopic (exact) mass is 551 g/mol. The Kier molecular flexibility index (Phi) is 7.46. The molecule has 0 radical (unpaired) electrons. The summed E-state index contributed by atoms with van der Waals surface area (Å²) in [5.74, 6) is -3.02. The summed E-state index contributed by atoms with van der Waals surface area (Å²) in [5.41, 5.74) is 1.30. The van der Waals surface area contributed by atoms with Crippen molar-refractivity contribution >= 4 is 69.6 Å².